The normalized spacial score (nSPS) is 27.3. The smallest absolute Gasteiger partial charge is 0.414 e. The van der Waals surface area contributed by atoms with Crippen LogP contribution in [-0.4, -0.2) is 68.6 Å². The molecule has 3 unspecified atom stereocenters. The summed E-state index contributed by atoms with van der Waals surface area (Å²) in [5.41, 5.74) is 2.33. The van der Waals surface area contributed by atoms with Crippen LogP contribution in [0.25, 0.3) is 0 Å². The predicted octanol–water partition coefficient (Wildman–Crippen LogP) is 4.20. The van der Waals surface area contributed by atoms with E-state index in [4.69, 9.17) is 25.8 Å². The summed E-state index contributed by atoms with van der Waals surface area (Å²) in [5.74, 6) is 2.27. The number of carbonyl (C=O) groups excluding carboxylic acids is 1. The number of carbonyl (C=O) groups is 1. The molecule has 158 valence electrons. The van der Waals surface area contributed by atoms with Crippen molar-refractivity contribution in [2.45, 2.75) is 11.8 Å². The van der Waals surface area contributed by atoms with Gasteiger partial charge in [-0.3, -0.25) is 4.48 Å². The van der Waals surface area contributed by atoms with Crippen LogP contribution < -0.4 is 4.74 Å². The lowest BCUT2D eigenvalue weighted by Gasteiger charge is -2.32. The first-order valence-electron chi connectivity index (χ1n) is 10.4. The van der Waals surface area contributed by atoms with Crippen molar-refractivity contribution in [3.05, 3.63) is 58.6 Å². The molecule has 3 aliphatic heterocycles. The summed E-state index contributed by atoms with van der Waals surface area (Å²) in [6.45, 7) is 4.38. The number of rotatable bonds is 2. The molecule has 1 amide bonds. The first-order chi connectivity index (χ1) is 14.5. The van der Waals surface area contributed by atoms with Gasteiger partial charge in [0.1, 0.15) is 11.5 Å². The van der Waals surface area contributed by atoms with Gasteiger partial charge in [0.2, 0.25) is 6.73 Å². The number of morpholine rings is 1. The fourth-order valence-corrected chi connectivity index (χ4v) is 5.14. The van der Waals surface area contributed by atoms with Gasteiger partial charge in [0.15, 0.2) is 0 Å². The summed E-state index contributed by atoms with van der Waals surface area (Å²) >= 11 is 6.35. The van der Waals surface area contributed by atoms with Crippen molar-refractivity contribution in [1.82, 2.24) is 4.90 Å². The van der Waals surface area contributed by atoms with Crippen LogP contribution in [0, 0.1) is 0 Å². The quantitative estimate of drug-likeness (QED) is 0.671. The third-order valence-electron chi connectivity index (χ3n) is 6.44. The highest BCUT2D eigenvalue weighted by Gasteiger charge is 2.48. The van der Waals surface area contributed by atoms with Crippen LogP contribution in [0.4, 0.5) is 4.79 Å². The number of hydrogen-bond acceptors (Lipinski definition) is 4. The Morgan fingerprint density at radius 3 is 2.60 bits per heavy atom. The van der Waals surface area contributed by atoms with Gasteiger partial charge in [0.25, 0.3) is 0 Å². The van der Waals surface area contributed by atoms with Crippen molar-refractivity contribution in [2.75, 3.05) is 53.2 Å². The van der Waals surface area contributed by atoms with Crippen molar-refractivity contribution >= 4 is 17.7 Å². The number of halogens is 1. The van der Waals surface area contributed by atoms with E-state index in [-0.39, 0.29) is 17.9 Å². The highest BCUT2D eigenvalue weighted by Crippen LogP contribution is 2.51. The molecule has 2 saturated heterocycles. The van der Waals surface area contributed by atoms with Crippen LogP contribution in [0.5, 0.6) is 11.5 Å². The molecule has 0 radical (unpaired) electrons. The third kappa shape index (κ3) is 3.64. The van der Waals surface area contributed by atoms with E-state index in [1.54, 1.807) is 4.90 Å². The number of quaternary nitrogens is 1. The van der Waals surface area contributed by atoms with Crippen LogP contribution in [0.15, 0.2) is 42.5 Å². The number of likely N-dealkylation sites (N-methyl/N-ethyl adjacent to an activating group) is 1. The van der Waals surface area contributed by atoms with Gasteiger partial charge in [-0.05, 0) is 24.3 Å². The first-order valence-corrected chi connectivity index (χ1v) is 10.8. The lowest BCUT2D eigenvalue weighted by molar-refractivity contribution is -0.915. The van der Waals surface area contributed by atoms with E-state index < -0.39 is 0 Å². The Morgan fingerprint density at radius 2 is 1.80 bits per heavy atom. The number of fused-ring (bicyclic) bond motifs is 5. The standard InChI is InChI=1S/C23H26ClN2O4/c1-26(15-29-23(27)25-8-10-28-11-9-25)13-19-17-4-2-3-5-21(17)30-22-7-6-16(24)12-18(22)20(19)14-26/h2-7,12,19-20H,8-11,13-15H2,1H3/q+1. The van der Waals surface area contributed by atoms with Gasteiger partial charge in [0.05, 0.1) is 33.4 Å². The van der Waals surface area contributed by atoms with E-state index in [2.05, 4.69) is 19.2 Å². The number of likely N-dealkylation sites (tertiary alicyclic amines) is 1. The zero-order chi connectivity index (χ0) is 20.7. The maximum atomic E-state index is 12.5. The first kappa shape index (κ1) is 19.7. The predicted molar refractivity (Wildman–Crippen MR) is 113 cm³/mol. The van der Waals surface area contributed by atoms with Crippen LogP contribution in [0.3, 0.4) is 0 Å². The third-order valence-corrected chi connectivity index (χ3v) is 6.67. The minimum absolute atomic E-state index is 0.245. The second kappa shape index (κ2) is 7.76. The number of hydrogen-bond donors (Lipinski definition) is 0. The van der Waals surface area contributed by atoms with Gasteiger partial charge in [-0.25, -0.2) is 4.79 Å². The minimum Gasteiger partial charge on any atom is -0.457 e. The Hall–Kier alpha value is -2.28. The molecule has 0 spiro atoms. The largest absolute Gasteiger partial charge is 0.457 e. The minimum atomic E-state index is -0.253. The molecule has 3 aliphatic rings. The molecule has 3 atom stereocenters. The van der Waals surface area contributed by atoms with E-state index in [9.17, 15) is 4.79 Å². The molecular formula is C23H26ClN2O4+. The van der Waals surface area contributed by atoms with Gasteiger partial charge in [-0.1, -0.05) is 29.8 Å². The van der Waals surface area contributed by atoms with Crippen LogP contribution in [-0.2, 0) is 9.47 Å². The van der Waals surface area contributed by atoms with Crippen molar-refractivity contribution in [1.29, 1.82) is 0 Å². The molecule has 2 fully saturated rings. The van der Waals surface area contributed by atoms with E-state index in [1.807, 2.05) is 30.3 Å². The lowest BCUT2D eigenvalue weighted by Crippen LogP contribution is -2.47. The number of amides is 1. The zero-order valence-electron chi connectivity index (χ0n) is 17.1. The summed E-state index contributed by atoms with van der Waals surface area (Å²) in [5, 5.41) is 0.710. The van der Waals surface area contributed by atoms with E-state index in [0.717, 1.165) is 30.2 Å². The van der Waals surface area contributed by atoms with Crippen molar-refractivity contribution in [3.63, 3.8) is 0 Å². The highest BCUT2D eigenvalue weighted by atomic mass is 35.5. The van der Waals surface area contributed by atoms with E-state index >= 15 is 0 Å². The number of para-hydroxylation sites is 1. The van der Waals surface area contributed by atoms with Gasteiger partial charge in [-0.15, -0.1) is 0 Å². The molecule has 2 aromatic carbocycles. The Labute approximate surface area is 181 Å². The molecule has 0 aliphatic carbocycles. The number of benzene rings is 2. The van der Waals surface area contributed by atoms with Crippen molar-refractivity contribution < 1.29 is 23.5 Å². The lowest BCUT2D eigenvalue weighted by atomic mass is 9.84. The highest BCUT2D eigenvalue weighted by molar-refractivity contribution is 6.30. The molecule has 2 aromatic rings. The van der Waals surface area contributed by atoms with Crippen LogP contribution in [0.1, 0.15) is 23.0 Å². The van der Waals surface area contributed by atoms with E-state index in [1.165, 1.54) is 5.56 Å². The summed E-state index contributed by atoms with van der Waals surface area (Å²) in [4.78, 5) is 14.2. The topological polar surface area (TPSA) is 48.0 Å². The van der Waals surface area contributed by atoms with E-state index in [0.29, 0.717) is 42.5 Å². The molecule has 3 heterocycles. The van der Waals surface area contributed by atoms with Crippen LogP contribution >= 0.6 is 11.6 Å². The number of ether oxygens (including phenoxy) is 3. The summed E-state index contributed by atoms with van der Waals surface area (Å²) in [6.07, 6.45) is -0.253. The van der Waals surface area contributed by atoms with Gasteiger partial charge < -0.3 is 19.1 Å². The summed E-state index contributed by atoms with van der Waals surface area (Å²) in [7, 11) is 2.16. The molecule has 0 bridgehead atoms. The Bertz CT molecular complexity index is 962. The molecule has 5 rings (SSSR count). The Kier molecular flexibility index (Phi) is 5.09. The fraction of sp³-hybridized carbons (Fsp3) is 0.435. The maximum Gasteiger partial charge on any atom is 0.414 e. The van der Waals surface area contributed by atoms with Gasteiger partial charge >= 0.3 is 6.09 Å². The Morgan fingerprint density at radius 1 is 1.10 bits per heavy atom. The molecule has 0 saturated carbocycles. The average Bonchev–Trinajstić information content (AvgIpc) is 3.06. The second-order valence-corrected chi connectivity index (χ2v) is 9.09. The molecule has 30 heavy (non-hydrogen) atoms. The average molecular weight is 430 g/mol. The fourth-order valence-electron chi connectivity index (χ4n) is 4.96. The SMILES string of the molecule is C[N+]1(COC(=O)N2CCOCC2)CC2c3ccccc3Oc3ccc(Cl)cc3C2C1. The summed E-state index contributed by atoms with van der Waals surface area (Å²) < 4.78 is 18.0. The Balaban J connectivity index is 1.41. The zero-order valence-corrected chi connectivity index (χ0v) is 17.8. The molecular weight excluding hydrogens is 404 g/mol. The molecule has 7 heteroatoms. The summed E-state index contributed by atoms with van der Waals surface area (Å²) in [6, 6.07) is 14.1. The molecule has 0 N–H and O–H groups in total. The maximum absolute atomic E-state index is 12.5. The van der Waals surface area contributed by atoms with Crippen molar-refractivity contribution in [3.8, 4) is 11.5 Å². The van der Waals surface area contributed by atoms with Gasteiger partial charge in [-0.2, -0.15) is 0 Å². The molecule has 0 aromatic heterocycles. The van der Waals surface area contributed by atoms with Gasteiger partial charge in [0, 0.05) is 41.1 Å². The number of nitrogens with zero attached hydrogens (tertiary/aromatic N) is 2. The van der Waals surface area contributed by atoms with Crippen LogP contribution in [0.2, 0.25) is 5.02 Å². The monoisotopic (exact) mass is 429 g/mol. The molecule has 6 nitrogen and oxygen atoms in total. The van der Waals surface area contributed by atoms with Crippen molar-refractivity contribution in [2.24, 2.45) is 0 Å². The second-order valence-electron chi connectivity index (χ2n) is 8.66.